The largest absolute Gasteiger partial charge is 0.317 e. The first-order chi connectivity index (χ1) is 12.2. The first-order valence-corrected chi connectivity index (χ1v) is 10.2. The molecule has 0 aliphatic rings. The van der Waals surface area contributed by atoms with Gasteiger partial charge < -0.3 is 5.32 Å². The summed E-state index contributed by atoms with van der Waals surface area (Å²) in [4.78, 5) is 11.9. The number of hydrogen-bond donors (Lipinski definition) is 1. The third-order valence-corrected chi connectivity index (χ3v) is 4.63. The van der Waals surface area contributed by atoms with Crippen molar-refractivity contribution in [1.29, 1.82) is 0 Å². The van der Waals surface area contributed by atoms with Crippen LogP contribution in [-0.4, -0.2) is 18.9 Å². The maximum absolute atomic E-state index is 12.8. The number of hydrogen-bond acceptors (Lipinski definition) is 2. The Hall–Kier alpha value is -1.22. The molecule has 0 aliphatic carbocycles. The van der Waals surface area contributed by atoms with Crippen molar-refractivity contribution in [1.82, 2.24) is 5.32 Å². The second-order valence-corrected chi connectivity index (χ2v) is 6.97. The topological polar surface area (TPSA) is 29.1 Å². The summed E-state index contributed by atoms with van der Waals surface area (Å²) in [5.74, 6) is -0.199. The molecular formula is C22H36FNO. The van der Waals surface area contributed by atoms with Gasteiger partial charge in [0.25, 0.3) is 0 Å². The zero-order valence-corrected chi connectivity index (χ0v) is 16.0. The molecule has 0 atom stereocenters. The van der Waals surface area contributed by atoms with Gasteiger partial charge in [-0.2, -0.15) is 0 Å². The van der Waals surface area contributed by atoms with E-state index < -0.39 is 0 Å². The number of carbonyl (C=O) groups excluding carboxylic acids is 1. The van der Waals surface area contributed by atoms with Gasteiger partial charge in [0.1, 0.15) is 5.82 Å². The quantitative estimate of drug-likeness (QED) is 0.280. The summed E-state index contributed by atoms with van der Waals surface area (Å²) < 4.78 is 12.8. The molecule has 3 heteroatoms. The van der Waals surface area contributed by atoms with E-state index in [1.165, 1.54) is 76.3 Å². The van der Waals surface area contributed by atoms with Crippen LogP contribution in [0.2, 0.25) is 0 Å². The van der Waals surface area contributed by atoms with Crippen molar-refractivity contribution >= 4 is 5.78 Å². The molecule has 0 fully saturated rings. The highest BCUT2D eigenvalue weighted by Crippen LogP contribution is 2.10. The van der Waals surface area contributed by atoms with Crippen LogP contribution in [0.5, 0.6) is 0 Å². The highest BCUT2D eigenvalue weighted by atomic mass is 19.1. The zero-order chi connectivity index (χ0) is 18.2. The van der Waals surface area contributed by atoms with Crippen molar-refractivity contribution in [3.8, 4) is 0 Å². The first-order valence-electron chi connectivity index (χ1n) is 10.2. The van der Waals surface area contributed by atoms with E-state index >= 15 is 0 Å². The first kappa shape index (κ1) is 21.8. The lowest BCUT2D eigenvalue weighted by atomic mass is 10.1. The van der Waals surface area contributed by atoms with Gasteiger partial charge in [-0.05, 0) is 50.2 Å². The molecule has 0 spiro atoms. The summed E-state index contributed by atoms with van der Waals surface area (Å²) in [6.07, 6.45) is 14.9. The Morgan fingerprint density at radius 1 is 0.800 bits per heavy atom. The zero-order valence-electron chi connectivity index (χ0n) is 16.0. The van der Waals surface area contributed by atoms with Gasteiger partial charge >= 0.3 is 0 Å². The summed E-state index contributed by atoms with van der Waals surface area (Å²) in [5, 5.41) is 3.41. The van der Waals surface area contributed by atoms with Gasteiger partial charge in [0.15, 0.2) is 5.78 Å². The van der Waals surface area contributed by atoms with Crippen LogP contribution in [0.3, 0.4) is 0 Å². The van der Waals surface area contributed by atoms with Gasteiger partial charge in [0.2, 0.25) is 0 Å². The molecule has 0 radical (unpaired) electrons. The second-order valence-electron chi connectivity index (χ2n) is 6.97. The fraction of sp³-hybridized carbons (Fsp3) is 0.682. The van der Waals surface area contributed by atoms with Crippen LogP contribution in [0.1, 0.15) is 94.3 Å². The molecule has 25 heavy (non-hydrogen) atoms. The number of Topliss-reactive ketones (excluding diaryl/α,β-unsaturated/α-hetero) is 1. The Kier molecular flexibility index (Phi) is 13.2. The van der Waals surface area contributed by atoms with Crippen LogP contribution < -0.4 is 5.32 Å². The fourth-order valence-electron chi connectivity index (χ4n) is 3.02. The third-order valence-electron chi connectivity index (χ3n) is 4.63. The third kappa shape index (κ3) is 11.9. The summed E-state index contributed by atoms with van der Waals surface area (Å²) in [7, 11) is 0. The van der Waals surface area contributed by atoms with Crippen LogP contribution in [0, 0.1) is 5.82 Å². The second kappa shape index (κ2) is 15.1. The highest BCUT2D eigenvalue weighted by Gasteiger charge is 2.05. The van der Waals surface area contributed by atoms with Gasteiger partial charge in [-0.25, -0.2) is 4.39 Å². The van der Waals surface area contributed by atoms with Crippen LogP contribution in [0.25, 0.3) is 0 Å². The molecule has 0 heterocycles. The normalized spacial score (nSPS) is 11.0. The van der Waals surface area contributed by atoms with Crippen molar-refractivity contribution in [3.05, 3.63) is 35.6 Å². The number of carbonyl (C=O) groups is 1. The molecule has 0 aliphatic heterocycles. The smallest absolute Gasteiger partial charge is 0.162 e. The van der Waals surface area contributed by atoms with Gasteiger partial charge in [0, 0.05) is 12.0 Å². The highest BCUT2D eigenvalue weighted by molar-refractivity contribution is 5.95. The summed E-state index contributed by atoms with van der Waals surface area (Å²) in [5.41, 5.74) is 0.607. The molecule has 0 bridgehead atoms. The molecule has 142 valence electrons. The van der Waals surface area contributed by atoms with Crippen molar-refractivity contribution in [2.75, 3.05) is 13.1 Å². The maximum atomic E-state index is 12.8. The average Bonchev–Trinajstić information content (AvgIpc) is 2.62. The van der Waals surface area contributed by atoms with Crippen LogP contribution in [-0.2, 0) is 0 Å². The Morgan fingerprint density at radius 2 is 1.32 bits per heavy atom. The van der Waals surface area contributed by atoms with E-state index in [0.29, 0.717) is 12.0 Å². The molecule has 1 aromatic carbocycles. The molecule has 1 N–H and O–H groups in total. The predicted molar refractivity (Wildman–Crippen MR) is 105 cm³/mol. The summed E-state index contributed by atoms with van der Waals surface area (Å²) >= 11 is 0. The minimum atomic E-state index is -0.297. The molecule has 0 aromatic heterocycles. The lowest BCUT2D eigenvalue weighted by Crippen LogP contribution is -2.17. The van der Waals surface area contributed by atoms with Crippen LogP contribution in [0.15, 0.2) is 24.3 Å². The van der Waals surface area contributed by atoms with E-state index in [1.807, 2.05) is 0 Å². The van der Waals surface area contributed by atoms with Gasteiger partial charge in [-0.15, -0.1) is 0 Å². The Labute approximate surface area is 153 Å². The van der Waals surface area contributed by atoms with Crippen molar-refractivity contribution in [2.45, 2.75) is 84.0 Å². The minimum absolute atomic E-state index is 0.0979. The van der Waals surface area contributed by atoms with E-state index in [-0.39, 0.29) is 11.6 Å². The molecule has 0 saturated heterocycles. The average molecular weight is 350 g/mol. The lowest BCUT2D eigenvalue weighted by Gasteiger charge is -2.05. The maximum Gasteiger partial charge on any atom is 0.162 e. The van der Waals surface area contributed by atoms with E-state index in [2.05, 4.69) is 12.2 Å². The number of halogens is 1. The number of ketones is 1. The number of benzene rings is 1. The monoisotopic (exact) mass is 349 g/mol. The van der Waals surface area contributed by atoms with E-state index in [9.17, 15) is 9.18 Å². The molecule has 0 saturated carbocycles. The number of nitrogens with one attached hydrogen (secondary N) is 1. The number of unbranched alkanes of at least 4 members (excludes halogenated alkanes) is 9. The molecule has 1 aromatic rings. The molecule has 0 amide bonds. The lowest BCUT2D eigenvalue weighted by molar-refractivity contribution is 0.0980. The Morgan fingerprint density at radius 3 is 1.92 bits per heavy atom. The molecule has 1 rings (SSSR count). The Bertz CT molecular complexity index is 444. The van der Waals surface area contributed by atoms with Crippen molar-refractivity contribution in [3.63, 3.8) is 0 Å². The van der Waals surface area contributed by atoms with Crippen LogP contribution >= 0.6 is 0 Å². The van der Waals surface area contributed by atoms with Gasteiger partial charge in [-0.3, -0.25) is 4.79 Å². The summed E-state index contributed by atoms with van der Waals surface area (Å²) in [6, 6.07) is 5.82. The molecule has 2 nitrogen and oxygen atoms in total. The SMILES string of the molecule is CCCCCCCCCCCCNCCCC(=O)c1ccc(F)cc1. The van der Waals surface area contributed by atoms with E-state index in [0.717, 1.165) is 19.5 Å². The van der Waals surface area contributed by atoms with Crippen LogP contribution in [0.4, 0.5) is 4.39 Å². The summed E-state index contributed by atoms with van der Waals surface area (Å²) in [6.45, 7) is 4.18. The predicted octanol–water partition coefficient (Wildman–Crippen LogP) is 6.30. The standard InChI is InChI=1S/C22H36FNO/c1-2-3-4-5-6-7-8-9-10-11-18-24-19-12-13-22(25)20-14-16-21(23)17-15-20/h14-17,24H,2-13,18-19H2,1H3. The Balaban J connectivity index is 1.84. The van der Waals surface area contributed by atoms with E-state index in [1.54, 1.807) is 12.1 Å². The van der Waals surface area contributed by atoms with Gasteiger partial charge in [-0.1, -0.05) is 64.7 Å². The fourth-order valence-corrected chi connectivity index (χ4v) is 3.02. The molecular weight excluding hydrogens is 313 g/mol. The van der Waals surface area contributed by atoms with Gasteiger partial charge in [0.05, 0.1) is 0 Å². The van der Waals surface area contributed by atoms with Crippen molar-refractivity contribution < 1.29 is 9.18 Å². The van der Waals surface area contributed by atoms with E-state index in [4.69, 9.17) is 0 Å². The van der Waals surface area contributed by atoms with Crippen molar-refractivity contribution in [2.24, 2.45) is 0 Å². The number of rotatable bonds is 16. The molecule has 0 unspecified atom stereocenters. The minimum Gasteiger partial charge on any atom is -0.317 e.